The van der Waals surface area contributed by atoms with Crippen molar-refractivity contribution < 1.29 is 33.7 Å². The van der Waals surface area contributed by atoms with Crippen molar-refractivity contribution in [2.24, 2.45) is 0 Å². The number of aromatic nitrogens is 3. The molecule has 0 atom stereocenters. The fraction of sp³-hybridized carbons (Fsp3) is 0.361. The zero-order valence-corrected chi connectivity index (χ0v) is 26.4. The second-order valence-electron chi connectivity index (χ2n) is 12.3. The second kappa shape index (κ2) is 12.2. The van der Waals surface area contributed by atoms with E-state index < -0.39 is 11.6 Å². The van der Waals surface area contributed by atoms with Gasteiger partial charge in [0.1, 0.15) is 22.8 Å². The van der Waals surface area contributed by atoms with E-state index in [4.69, 9.17) is 14.2 Å². The molecule has 7 rings (SSSR count). The van der Waals surface area contributed by atoms with E-state index in [9.17, 15) is 19.5 Å². The van der Waals surface area contributed by atoms with Crippen molar-refractivity contribution in [1.29, 1.82) is 0 Å². The van der Waals surface area contributed by atoms with E-state index in [0.29, 0.717) is 84.7 Å². The number of nitrogens with zero attached hydrogens (tertiary/aromatic N) is 4. The number of hydrogen-bond acceptors (Lipinski definition) is 8. The minimum absolute atomic E-state index is 0.0430. The molecule has 2 fully saturated rings. The molecule has 1 aliphatic carbocycles. The predicted octanol–water partition coefficient (Wildman–Crippen LogP) is 6.08. The number of carbonyl (C=O) groups is 3. The molecule has 1 spiro atoms. The molecule has 4 heterocycles. The molecule has 2 aromatic carbocycles. The molecule has 11 nitrogen and oxygen atoms in total. The number of pyridine rings is 1. The highest BCUT2D eigenvalue weighted by Crippen LogP contribution is 2.44. The minimum atomic E-state index is -1.07. The molecule has 1 amide bonds. The molecule has 1 saturated carbocycles. The first-order chi connectivity index (χ1) is 22.8. The highest BCUT2D eigenvalue weighted by Gasteiger charge is 2.44. The number of carbonyl (C=O) groups excluding carboxylic acids is 2. The van der Waals surface area contributed by atoms with E-state index in [0.717, 1.165) is 24.0 Å². The van der Waals surface area contributed by atoms with Crippen LogP contribution in [0.5, 0.6) is 17.2 Å². The first kappa shape index (κ1) is 30.5. The molecule has 1 saturated heterocycles. The number of carboxylic acids is 1. The maximum atomic E-state index is 13.9. The van der Waals surface area contributed by atoms with E-state index in [1.54, 1.807) is 41.4 Å². The zero-order valence-electron chi connectivity index (χ0n) is 26.4. The van der Waals surface area contributed by atoms with Crippen LogP contribution in [0.15, 0.2) is 61.2 Å². The van der Waals surface area contributed by atoms with Gasteiger partial charge in [0.15, 0.2) is 5.78 Å². The lowest BCUT2D eigenvalue weighted by molar-refractivity contribution is -0.00573. The van der Waals surface area contributed by atoms with E-state index in [1.165, 1.54) is 12.3 Å². The van der Waals surface area contributed by atoms with Gasteiger partial charge in [-0.15, -0.1) is 0 Å². The van der Waals surface area contributed by atoms with E-state index in [-0.39, 0.29) is 23.7 Å². The maximum absolute atomic E-state index is 13.9. The van der Waals surface area contributed by atoms with Crippen molar-refractivity contribution in [1.82, 2.24) is 19.7 Å². The SMILES string of the molecule is CCOc1cc(C(=O)N2CCC3(CC2)CC(=O)c2cc(-c4cncc(C(=O)O)c4)ccc2O3)cc(OCC)c1-c1cnn(C2CC2)c1. The fourth-order valence-corrected chi connectivity index (χ4v) is 6.51. The number of ether oxygens (including phenoxy) is 3. The molecule has 0 radical (unpaired) electrons. The standard InChI is InChI=1S/C36H36N4O7/c1-3-45-31-15-23(16-32(46-4-2)33(31)26-20-38-40(21-26)27-6-7-27)34(42)39-11-9-36(10-12-39)17-29(41)28-14-22(5-8-30(28)47-36)24-13-25(35(43)44)19-37-18-24/h5,8,13-16,18-21,27H,3-4,6-7,9-12,17H2,1-2H3,(H,43,44). The molecule has 2 aliphatic heterocycles. The average molecular weight is 637 g/mol. The number of hydrogen-bond donors (Lipinski definition) is 1. The number of Topliss-reactive ketones (excluding diaryl/α,β-unsaturated/α-hetero) is 1. The van der Waals surface area contributed by atoms with Gasteiger partial charge in [0.25, 0.3) is 5.91 Å². The number of piperidine rings is 1. The zero-order chi connectivity index (χ0) is 32.7. The van der Waals surface area contributed by atoms with Crippen LogP contribution in [0.25, 0.3) is 22.3 Å². The number of likely N-dealkylation sites (tertiary alicyclic amines) is 1. The monoisotopic (exact) mass is 636 g/mol. The molecule has 0 unspecified atom stereocenters. The number of rotatable bonds is 9. The van der Waals surface area contributed by atoms with E-state index >= 15 is 0 Å². The minimum Gasteiger partial charge on any atom is -0.493 e. The Bertz CT molecular complexity index is 1840. The van der Waals surface area contributed by atoms with Gasteiger partial charge in [-0.2, -0.15) is 5.10 Å². The van der Waals surface area contributed by atoms with Crippen LogP contribution in [0.2, 0.25) is 0 Å². The lowest BCUT2D eigenvalue weighted by Gasteiger charge is -2.44. The summed E-state index contributed by atoms with van der Waals surface area (Å²) in [4.78, 5) is 44.6. The highest BCUT2D eigenvalue weighted by molar-refractivity contribution is 6.02. The summed E-state index contributed by atoms with van der Waals surface area (Å²) in [6, 6.07) is 10.8. The smallest absolute Gasteiger partial charge is 0.337 e. The molecule has 242 valence electrons. The van der Waals surface area contributed by atoms with Gasteiger partial charge in [-0.1, -0.05) is 6.07 Å². The van der Waals surface area contributed by atoms with Crippen LogP contribution >= 0.6 is 0 Å². The highest BCUT2D eigenvalue weighted by atomic mass is 16.5. The van der Waals surface area contributed by atoms with Crippen LogP contribution in [-0.2, 0) is 0 Å². The van der Waals surface area contributed by atoms with Crippen LogP contribution in [0.3, 0.4) is 0 Å². The molecule has 47 heavy (non-hydrogen) atoms. The van der Waals surface area contributed by atoms with Crippen LogP contribution in [0.1, 0.15) is 83.1 Å². The van der Waals surface area contributed by atoms with Gasteiger partial charge in [0.05, 0.1) is 48.6 Å². The first-order valence-corrected chi connectivity index (χ1v) is 16.1. The largest absolute Gasteiger partial charge is 0.493 e. The summed E-state index contributed by atoms with van der Waals surface area (Å²) in [5.41, 5.74) is 3.28. The van der Waals surface area contributed by atoms with E-state index in [1.807, 2.05) is 30.9 Å². The van der Waals surface area contributed by atoms with Gasteiger partial charge >= 0.3 is 5.97 Å². The van der Waals surface area contributed by atoms with Gasteiger partial charge in [0, 0.05) is 61.2 Å². The number of aromatic carboxylic acids is 1. The van der Waals surface area contributed by atoms with Gasteiger partial charge in [-0.3, -0.25) is 19.3 Å². The van der Waals surface area contributed by atoms with Crippen molar-refractivity contribution in [3.8, 4) is 39.5 Å². The van der Waals surface area contributed by atoms with Crippen molar-refractivity contribution in [3.05, 3.63) is 77.9 Å². The van der Waals surface area contributed by atoms with Gasteiger partial charge in [-0.25, -0.2) is 4.79 Å². The predicted molar refractivity (Wildman–Crippen MR) is 172 cm³/mol. The Morgan fingerprint density at radius 3 is 2.32 bits per heavy atom. The summed E-state index contributed by atoms with van der Waals surface area (Å²) in [6.45, 7) is 5.54. The number of ketones is 1. The van der Waals surface area contributed by atoms with Gasteiger partial charge in [0.2, 0.25) is 0 Å². The molecular weight excluding hydrogens is 600 g/mol. The van der Waals surface area contributed by atoms with Gasteiger partial charge in [-0.05, 0) is 62.6 Å². The topological polar surface area (TPSA) is 133 Å². The summed E-state index contributed by atoms with van der Waals surface area (Å²) in [5.74, 6) is 0.406. The van der Waals surface area contributed by atoms with Crippen LogP contribution in [-0.4, -0.2) is 74.3 Å². The van der Waals surface area contributed by atoms with Crippen LogP contribution in [0.4, 0.5) is 0 Å². The third-order valence-corrected chi connectivity index (χ3v) is 9.09. The Balaban J connectivity index is 1.09. The Hall–Kier alpha value is -5.19. The fourth-order valence-electron chi connectivity index (χ4n) is 6.51. The third-order valence-electron chi connectivity index (χ3n) is 9.09. The van der Waals surface area contributed by atoms with Crippen LogP contribution in [0, 0.1) is 0 Å². The lowest BCUT2D eigenvalue weighted by Crippen LogP contribution is -2.52. The number of amides is 1. The Kier molecular flexibility index (Phi) is 7.91. The summed E-state index contributed by atoms with van der Waals surface area (Å²) in [7, 11) is 0. The third kappa shape index (κ3) is 5.93. The summed E-state index contributed by atoms with van der Waals surface area (Å²) in [6.07, 6.45) is 10.2. The maximum Gasteiger partial charge on any atom is 0.337 e. The Morgan fingerprint density at radius 2 is 1.66 bits per heavy atom. The molecule has 4 aromatic rings. The average Bonchev–Trinajstić information content (AvgIpc) is 3.81. The number of benzene rings is 2. The molecule has 11 heteroatoms. The molecule has 2 aromatic heterocycles. The molecule has 0 bridgehead atoms. The van der Waals surface area contributed by atoms with E-state index in [2.05, 4.69) is 10.1 Å². The van der Waals surface area contributed by atoms with Crippen LogP contribution < -0.4 is 14.2 Å². The summed E-state index contributed by atoms with van der Waals surface area (Å²) < 4.78 is 20.6. The molecule has 3 aliphatic rings. The quantitative estimate of drug-likeness (QED) is 0.232. The molecule has 1 N–H and O–H groups in total. The summed E-state index contributed by atoms with van der Waals surface area (Å²) >= 11 is 0. The van der Waals surface area contributed by atoms with Crippen molar-refractivity contribution >= 4 is 17.7 Å². The first-order valence-electron chi connectivity index (χ1n) is 16.1. The Morgan fingerprint density at radius 1 is 0.936 bits per heavy atom. The Labute approximate surface area is 272 Å². The van der Waals surface area contributed by atoms with Gasteiger partial charge < -0.3 is 24.2 Å². The normalized spacial score (nSPS) is 16.8. The summed E-state index contributed by atoms with van der Waals surface area (Å²) in [5, 5.41) is 13.9. The van der Waals surface area contributed by atoms with Crippen molar-refractivity contribution in [2.75, 3.05) is 26.3 Å². The van der Waals surface area contributed by atoms with Crippen molar-refractivity contribution in [2.45, 2.75) is 57.6 Å². The molecular formula is C36H36N4O7. The van der Waals surface area contributed by atoms with Crippen molar-refractivity contribution in [3.63, 3.8) is 0 Å². The lowest BCUT2D eigenvalue weighted by atomic mass is 9.82. The number of carboxylic acid groups (broad SMARTS) is 1. The second-order valence-corrected chi connectivity index (χ2v) is 12.3. The number of fused-ring (bicyclic) bond motifs is 1.